The average molecular weight is 447 g/mol. The summed E-state index contributed by atoms with van der Waals surface area (Å²) in [5.74, 6) is 2.16. The monoisotopic (exact) mass is 446 g/mol. The van der Waals surface area contributed by atoms with Crippen molar-refractivity contribution in [2.45, 2.75) is 39.8 Å². The van der Waals surface area contributed by atoms with E-state index in [1.54, 1.807) is 6.07 Å². The van der Waals surface area contributed by atoms with Gasteiger partial charge in [-0.05, 0) is 63.1 Å². The number of aryl methyl sites for hydroxylation is 2. The molecule has 2 heterocycles. The molecule has 31 heavy (non-hydrogen) atoms. The van der Waals surface area contributed by atoms with Crippen molar-refractivity contribution < 1.29 is 19.5 Å². The summed E-state index contributed by atoms with van der Waals surface area (Å²) in [6.45, 7) is 7.59. The van der Waals surface area contributed by atoms with Crippen LogP contribution >= 0.6 is 11.6 Å². The summed E-state index contributed by atoms with van der Waals surface area (Å²) in [6, 6.07) is 7.58. The Balaban J connectivity index is 1.89. The van der Waals surface area contributed by atoms with Crippen LogP contribution in [0.5, 0.6) is 5.75 Å². The van der Waals surface area contributed by atoms with E-state index in [1.165, 1.54) is 0 Å². The molecular weight excluding hydrogens is 420 g/mol. The molecule has 0 saturated heterocycles. The van der Waals surface area contributed by atoms with E-state index in [0.29, 0.717) is 28.2 Å². The first kappa shape index (κ1) is 23.0. The summed E-state index contributed by atoms with van der Waals surface area (Å²) < 4.78 is 11.2. The Kier molecular flexibility index (Phi) is 7.15. The van der Waals surface area contributed by atoms with Crippen molar-refractivity contribution in [1.82, 2.24) is 15.1 Å². The Morgan fingerprint density at radius 2 is 1.77 bits per heavy atom. The molecule has 2 N–H and O–H groups in total. The number of ether oxygens (including phenoxy) is 1. The Labute approximate surface area is 186 Å². The minimum atomic E-state index is -0.926. The molecule has 0 fully saturated rings. The highest BCUT2D eigenvalue weighted by molar-refractivity contribution is 6.29. The summed E-state index contributed by atoms with van der Waals surface area (Å²) in [5, 5.41) is 23.0. The van der Waals surface area contributed by atoms with E-state index < -0.39 is 6.10 Å². The standard InChI is InChI=1S/C22H27ClN4O4/c1-12(2)27(5)19-9-16(8-18(23)24-19)22-25-21(26-31-22)15-6-13(3)20(14(4)7-15)30-11-17(29)10-28/h6-9,12,17,28-29H,10-11H2,1-5H3. The first-order valence-electron chi connectivity index (χ1n) is 9.97. The van der Waals surface area contributed by atoms with Gasteiger partial charge in [0, 0.05) is 24.2 Å². The molecule has 0 saturated carbocycles. The van der Waals surface area contributed by atoms with E-state index in [9.17, 15) is 5.11 Å². The molecule has 166 valence electrons. The summed E-state index contributed by atoms with van der Waals surface area (Å²) >= 11 is 6.22. The number of hydrogen-bond acceptors (Lipinski definition) is 8. The van der Waals surface area contributed by atoms with Crippen LogP contribution in [0.25, 0.3) is 22.8 Å². The van der Waals surface area contributed by atoms with Crippen molar-refractivity contribution in [3.8, 4) is 28.6 Å². The van der Waals surface area contributed by atoms with Gasteiger partial charge in [0.15, 0.2) is 0 Å². The zero-order valence-corrected chi connectivity index (χ0v) is 19.0. The molecule has 0 aliphatic heterocycles. The second kappa shape index (κ2) is 9.64. The Hall–Kier alpha value is -2.68. The van der Waals surface area contributed by atoms with Crippen LogP contribution in [-0.4, -0.2) is 57.7 Å². The normalized spacial score (nSPS) is 12.3. The summed E-state index contributed by atoms with van der Waals surface area (Å²) in [4.78, 5) is 10.9. The highest BCUT2D eigenvalue weighted by atomic mass is 35.5. The van der Waals surface area contributed by atoms with E-state index in [4.69, 9.17) is 26.0 Å². The van der Waals surface area contributed by atoms with E-state index >= 15 is 0 Å². The Morgan fingerprint density at radius 3 is 2.39 bits per heavy atom. The average Bonchev–Trinajstić information content (AvgIpc) is 3.22. The van der Waals surface area contributed by atoms with Gasteiger partial charge in [0.25, 0.3) is 5.89 Å². The van der Waals surface area contributed by atoms with Gasteiger partial charge in [-0.25, -0.2) is 4.98 Å². The number of benzene rings is 1. The lowest BCUT2D eigenvalue weighted by Crippen LogP contribution is -2.26. The van der Waals surface area contributed by atoms with Gasteiger partial charge in [0.05, 0.1) is 6.61 Å². The maximum absolute atomic E-state index is 9.52. The molecule has 1 unspecified atom stereocenters. The van der Waals surface area contributed by atoms with Crippen LogP contribution in [-0.2, 0) is 0 Å². The number of rotatable bonds is 8. The highest BCUT2D eigenvalue weighted by Crippen LogP contribution is 2.31. The molecule has 2 aromatic heterocycles. The van der Waals surface area contributed by atoms with Gasteiger partial charge in [-0.1, -0.05) is 16.8 Å². The van der Waals surface area contributed by atoms with Crippen molar-refractivity contribution in [2.24, 2.45) is 0 Å². The van der Waals surface area contributed by atoms with E-state index in [2.05, 4.69) is 29.0 Å². The lowest BCUT2D eigenvalue weighted by molar-refractivity contribution is 0.0532. The zero-order chi connectivity index (χ0) is 22.7. The predicted molar refractivity (Wildman–Crippen MR) is 120 cm³/mol. The van der Waals surface area contributed by atoms with Crippen molar-refractivity contribution in [2.75, 3.05) is 25.2 Å². The molecular formula is C22H27ClN4O4. The van der Waals surface area contributed by atoms with Crippen molar-refractivity contribution in [1.29, 1.82) is 0 Å². The van der Waals surface area contributed by atoms with Crippen molar-refractivity contribution in [3.05, 3.63) is 40.5 Å². The molecule has 3 rings (SSSR count). The predicted octanol–water partition coefficient (Wildman–Crippen LogP) is 3.65. The maximum Gasteiger partial charge on any atom is 0.258 e. The fourth-order valence-corrected chi connectivity index (χ4v) is 3.25. The number of nitrogens with zero attached hydrogens (tertiary/aromatic N) is 4. The third kappa shape index (κ3) is 5.33. The molecule has 0 aliphatic rings. The number of aliphatic hydroxyl groups is 2. The number of aromatic nitrogens is 3. The first-order chi connectivity index (χ1) is 14.7. The van der Waals surface area contributed by atoms with Gasteiger partial charge >= 0.3 is 0 Å². The van der Waals surface area contributed by atoms with E-state index in [1.807, 2.05) is 44.0 Å². The third-order valence-corrected chi connectivity index (χ3v) is 5.13. The van der Waals surface area contributed by atoms with E-state index in [0.717, 1.165) is 22.5 Å². The number of pyridine rings is 1. The Bertz CT molecular complexity index is 1030. The Morgan fingerprint density at radius 1 is 1.10 bits per heavy atom. The second-order valence-corrected chi connectivity index (χ2v) is 8.14. The van der Waals surface area contributed by atoms with Gasteiger partial charge in [0.1, 0.15) is 29.4 Å². The lowest BCUT2D eigenvalue weighted by Gasteiger charge is -2.22. The molecule has 8 nitrogen and oxygen atoms in total. The molecule has 0 amide bonds. The van der Waals surface area contributed by atoms with Crippen LogP contribution in [0.2, 0.25) is 5.15 Å². The number of halogens is 1. The van der Waals surface area contributed by atoms with Gasteiger partial charge in [-0.3, -0.25) is 0 Å². The number of hydrogen-bond donors (Lipinski definition) is 2. The van der Waals surface area contributed by atoms with Gasteiger partial charge in [-0.2, -0.15) is 4.98 Å². The highest BCUT2D eigenvalue weighted by Gasteiger charge is 2.17. The first-order valence-corrected chi connectivity index (χ1v) is 10.3. The lowest BCUT2D eigenvalue weighted by atomic mass is 10.1. The second-order valence-electron chi connectivity index (χ2n) is 7.75. The van der Waals surface area contributed by atoms with Crippen molar-refractivity contribution in [3.63, 3.8) is 0 Å². The molecule has 0 spiro atoms. The molecule has 1 aromatic carbocycles. The molecule has 0 aliphatic carbocycles. The molecule has 9 heteroatoms. The molecule has 0 radical (unpaired) electrons. The fraction of sp³-hybridized carbons (Fsp3) is 0.409. The fourth-order valence-electron chi connectivity index (χ4n) is 3.05. The van der Waals surface area contributed by atoms with Crippen LogP contribution in [0, 0.1) is 13.8 Å². The minimum absolute atomic E-state index is 0.0137. The van der Waals surface area contributed by atoms with Crippen LogP contribution in [0.1, 0.15) is 25.0 Å². The maximum atomic E-state index is 9.52. The topological polar surface area (TPSA) is 105 Å². The summed E-state index contributed by atoms with van der Waals surface area (Å²) in [6.07, 6.45) is -0.926. The largest absolute Gasteiger partial charge is 0.490 e. The molecule has 0 bridgehead atoms. The summed E-state index contributed by atoms with van der Waals surface area (Å²) in [5.41, 5.74) is 3.19. The van der Waals surface area contributed by atoms with Gasteiger partial charge in [-0.15, -0.1) is 0 Å². The van der Waals surface area contributed by atoms with Crippen molar-refractivity contribution >= 4 is 17.4 Å². The minimum Gasteiger partial charge on any atom is -0.490 e. The zero-order valence-electron chi connectivity index (χ0n) is 18.3. The molecule has 1 atom stereocenters. The smallest absolute Gasteiger partial charge is 0.258 e. The molecule has 3 aromatic rings. The van der Waals surface area contributed by atoms with Crippen LogP contribution in [0.4, 0.5) is 5.82 Å². The number of aliphatic hydroxyl groups excluding tert-OH is 2. The van der Waals surface area contributed by atoms with Crippen LogP contribution in [0.3, 0.4) is 0 Å². The van der Waals surface area contributed by atoms with Gasteiger partial charge in [0.2, 0.25) is 5.82 Å². The number of anilines is 1. The van der Waals surface area contributed by atoms with Gasteiger partial charge < -0.3 is 24.4 Å². The third-order valence-electron chi connectivity index (χ3n) is 4.94. The quantitative estimate of drug-likeness (QED) is 0.505. The summed E-state index contributed by atoms with van der Waals surface area (Å²) in [7, 11) is 1.95. The van der Waals surface area contributed by atoms with Crippen LogP contribution < -0.4 is 9.64 Å². The SMILES string of the molecule is Cc1cc(-c2noc(-c3cc(Cl)nc(N(C)C(C)C)c3)n2)cc(C)c1OCC(O)CO. The van der Waals surface area contributed by atoms with E-state index in [-0.39, 0.29) is 19.3 Å². The van der Waals surface area contributed by atoms with Crippen LogP contribution in [0.15, 0.2) is 28.8 Å².